The Labute approximate surface area is 172 Å². The number of aryl methyl sites for hydroxylation is 1. The molecule has 0 bridgehead atoms. The number of nitrogens with zero attached hydrogens (tertiary/aromatic N) is 2. The van der Waals surface area contributed by atoms with Gasteiger partial charge in [-0.3, -0.25) is 4.90 Å². The summed E-state index contributed by atoms with van der Waals surface area (Å²) in [5.41, 5.74) is 3.17. The molecular formula is C22H29N3O4. The number of rotatable bonds is 6. The Hall–Kier alpha value is -2.93. The van der Waals surface area contributed by atoms with E-state index in [0.29, 0.717) is 36.0 Å². The summed E-state index contributed by atoms with van der Waals surface area (Å²) in [7, 11) is 4.65. The number of nitrogens with one attached hydrogen (secondary N) is 1. The van der Waals surface area contributed by atoms with Crippen molar-refractivity contribution in [2.75, 3.05) is 52.8 Å². The van der Waals surface area contributed by atoms with Gasteiger partial charge in [0.2, 0.25) is 5.75 Å². The lowest BCUT2D eigenvalue weighted by atomic mass is 10.1. The molecule has 1 N–H and O–H groups in total. The molecule has 0 saturated carbocycles. The standard InChI is InChI=1S/C22H29N3O4/c1-16-5-7-17(8-6-16)15-24-9-11-25(12-10-24)22(26)23-18-13-19(27-2)21(29-4)20(14-18)28-3/h5-8,13-14H,9-12,15H2,1-4H3,(H,23,26). The summed E-state index contributed by atoms with van der Waals surface area (Å²) in [4.78, 5) is 16.9. The van der Waals surface area contributed by atoms with Crippen molar-refractivity contribution in [3.05, 3.63) is 47.5 Å². The van der Waals surface area contributed by atoms with Gasteiger partial charge >= 0.3 is 6.03 Å². The van der Waals surface area contributed by atoms with E-state index in [-0.39, 0.29) is 6.03 Å². The number of amides is 2. The first-order chi connectivity index (χ1) is 14.0. The molecular weight excluding hydrogens is 370 g/mol. The van der Waals surface area contributed by atoms with E-state index in [0.717, 1.165) is 19.6 Å². The quantitative estimate of drug-likeness (QED) is 0.807. The van der Waals surface area contributed by atoms with Crippen molar-refractivity contribution >= 4 is 11.7 Å². The number of ether oxygens (including phenoxy) is 3. The molecule has 2 aromatic carbocycles. The summed E-state index contributed by atoms with van der Waals surface area (Å²) < 4.78 is 16.0. The Morgan fingerprint density at radius 1 is 0.931 bits per heavy atom. The van der Waals surface area contributed by atoms with Crippen molar-refractivity contribution in [2.24, 2.45) is 0 Å². The normalized spacial score (nSPS) is 14.4. The molecule has 2 amide bonds. The molecule has 1 aliphatic heterocycles. The second-order valence-corrected chi connectivity index (χ2v) is 7.09. The Kier molecular flexibility index (Phi) is 6.82. The van der Waals surface area contributed by atoms with Gasteiger partial charge in [-0.1, -0.05) is 29.8 Å². The molecule has 2 aromatic rings. The molecule has 7 heteroatoms. The first kappa shape index (κ1) is 20.8. The average Bonchev–Trinajstić information content (AvgIpc) is 2.75. The summed E-state index contributed by atoms with van der Waals surface area (Å²) >= 11 is 0. The highest BCUT2D eigenvalue weighted by Crippen LogP contribution is 2.40. The number of benzene rings is 2. The molecule has 0 spiro atoms. The van der Waals surface area contributed by atoms with Gasteiger partial charge in [0.25, 0.3) is 0 Å². The van der Waals surface area contributed by atoms with Gasteiger partial charge in [0, 0.05) is 44.9 Å². The summed E-state index contributed by atoms with van der Waals surface area (Å²) in [6.45, 7) is 6.05. The summed E-state index contributed by atoms with van der Waals surface area (Å²) in [6, 6.07) is 11.9. The zero-order valence-electron chi connectivity index (χ0n) is 17.5. The van der Waals surface area contributed by atoms with Crippen molar-refractivity contribution in [3.8, 4) is 17.2 Å². The van der Waals surface area contributed by atoms with Crippen LogP contribution < -0.4 is 19.5 Å². The van der Waals surface area contributed by atoms with Crippen LogP contribution in [0.4, 0.5) is 10.5 Å². The smallest absolute Gasteiger partial charge is 0.321 e. The Morgan fingerprint density at radius 3 is 2.03 bits per heavy atom. The van der Waals surface area contributed by atoms with Crippen LogP contribution in [0.25, 0.3) is 0 Å². The number of urea groups is 1. The van der Waals surface area contributed by atoms with E-state index < -0.39 is 0 Å². The van der Waals surface area contributed by atoms with Gasteiger partial charge in [-0.25, -0.2) is 4.79 Å². The number of hydrogen-bond acceptors (Lipinski definition) is 5. The van der Waals surface area contributed by atoms with E-state index in [2.05, 4.69) is 41.4 Å². The van der Waals surface area contributed by atoms with Gasteiger partial charge in [0.1, 0.15) is 0 Å². The number of piperazine rings is 1. The van der Waals surface area contributed by atoms with Gasteiger partial charge in [-0.15, -0.1) is 0 Å². The Bertz CT molecular complexity index is 805. The van der Waals surface area contributed by atoms with Crippen LogP contribution >= 0.6 is 0 Å². The molecule has 1 aliphatic rings. The van der Waals surface area contributed by atoms with Crippen LogP contribution in [-0.2, 0) is 6.54 Å². The van der Waals surface area contributed by atoms with E-state index in [1.807, 2.05) is 4.90 Å². The molecule has 3 rings (SSSR count). The largest absolute Gasteiger partial charge is 0.493 e. The Morgan fingerprint density at radius 2 is 1.52 bits per heavy atom. The maximum absolute atomic E-state index is 12.7. The fourth-order valence-electron chi connectivity index (χ4n) is 3.42. The minimum absolute atomic E-state index is 0.130. The van der Waals surface area contributed by atoms with Crippen molar-refractivity contribution in [3.63, 3.8) is 0 Å². The number of anilines is 1. The lowest BCUT2D eigenvalue weighted by molar-refractivity contribution is 0.143. The molecule has 0 unspecified atom stereocenters. The lowest BCUT2D eigenvalue weighted by Gasteiger charge is -2.34. The highest BCUT2D eigenvalue weighted by atomic mass is 16.5. The zero-order chi connectivity index (χ0) is 20.8. The molecule has 7 nitrogen and oxygen atoms in total. The number of carbonyl (C=O) groups is 1. The molecule has 1 saturated heterocycles. The van der Waals surface area contributed by atoms with Crippen LogP contribution in [0.1, 0.15) is 11.1 Å². The van der Waals surface area contributed by atoms with E-state index in [9.17, 15) is 4.79 Å². The van der Waals surface area contributed by atoms with Crippen LogP contribution in [-0.4, -0.2) is 63.3 Å². The first-order valence-electron chi connectivity index (χ1n) is 9.68. The minimum atomic E-state index is -0.130. The van der Waals surface area contributed by atoms with Crippen molar-refractivity contribution in [1.82, 2.24) is 9.80 Å². The van der Waals surface area contributed by atoms with Crippen LogP contribution in [0.3, 0.4) is 0 Å². The maximum atomic E-state index is 12.7. The van der Waals surface area contributed by atoms with Crippen molar-refractivity contribution < 1.29 is 19.0 Å². The predicted octanol–water partition coefficient (Wildman–Crippen LogP) is 3.37. The summed E-state index contributed by atoms with van der Waals surface area (Å²) in [6.07, 6.45) is 0. The van der Waals surface area contributed by atoms with E-state index in [1.165, 1.54) is 11.1 Å². The maximum Gasteiger partial charge on any atom is 0.321 e. The highest BCUT2D eigenvalue weighted by molar-refractivity contribution is 5.90. The molecule has 0 radical (unpaired) electrons. The molecule has 1 fully saturated rings. The number of methoxy groups -OCH3 is 3. The van der Waals surface area contributed by atoms with Crippen LogP contribution in [0.15, 0.2) is 36.4 Å². The van der Waals surface area contributed by atoms with Crippen molar-refractivity contribution in [1.29, 1.82) is 0 Å². The third-order valence-corrected chi connectivity index (χ3v) is 5.10. The van der Waals surface area contributed by atoms with Crippen LogP contribution in [0, 0.1) is 6.92 Å². The first-order valence-corrected chi connectivity index (χ1v) is 9.68. The monoisotopic (exact) mass is 399 g/mol. The van der Waals surface area contributed by atoms with E-state index >= 15 is 0 Å². The molecule has 156 valence electrons. The number of carbonyl (C=O) groups excluding carboxylic acids is 1. The summed E-state index contributed by atoms with van der Waals surface area (Å²) in [5.74, 6) is 1.51. The number of hydrogen-bond donors (Lipinski definition) is 1. The van der Waals surface area contributed by atoms with Gasteiger partial charge in [0.15, 0.2) is 11.5 Å². The molecule has 1 heterocycles. The van der Waals surface area contributed by atoms with E-state index in [4.69, 9.17) is 14.2 Å². The third kappa shape index (κ3) is 5.12. The fourth-order valence-corrected chi connectivity index (χ4v) is 3.42. The topological polar surface area (TPSA) is 63.3 Å². The fraction of sp³-hybridized carbons (Fsp3) is 0.409. The molecule has 0 aliphatic carbocycles. The van der Waals surface area contributed by atoms with Gasteiger partial charge in [-0.05, 0) is 12.5 Å². The molecule has 29 heavy (non-hydrogen) atoms. The van der Waals surface area contributed by atoms with Gasteiger partial charge in [-0.2, -0.15) is 0 Å². The molecule has 0 atom stereocenters. The van der Waals surface area contributed by atoms with Crippen LogP contribution in [0.5, 0.6) is 17.2 Å². The second kappa shape index (κ2) is 9.52. The van der Waals surface area contributed by atoms with Gasteiger partial charge < -0.3 is 24.4 Å². The van der Waals surface area contributed by atoms with Crippen molar-refractivity contribution in [2.45, 2.75) is 13.5 Å². The third-order valence-electron chi connectivity index (χ3n) is 5.10. The molecule has 0 aromatic heterocycles. The van der Waals surface area contributed by atoms with Crippen LogP contribution in [0.2, 0.25) is 0 Å². The summed E-state index contributed by atoms with van der Waals surface area (Å²) in [5, 5.41) is 2.94. The zero-order valence-corrected chi connectivity index (χ0v) is 17.5. The predicted molar refractivity (Wildman–Crippen MR) is 113 cm³/mol. The Balaban J connectivity index is 1.57. The average molecular weight is 399 g/mol. The van der Waals surface area contributed by atoms with Gasteiger partial charge in [0.05, 0.1) is 27.0 Å². The minimum Gasteiger partial charge on any atom is -0.493 e. The SMILES string of the molecule is COc1cc(NC(=O)N2CCN(Cc3ccc(C)cc3)CC2)cc(OC)c1OC. The van der Waals surface area contributed by atoms with E-state index in [1.54, 1.807) is 33.5 Å². The lowest BCUT2D eigenvalue weighted by Crippen LogP contribution is -2.49. The second-order valence-electron chi connectivity index (χ2n) is 7.09. The highest BCUT2D eigenvalue weighted by Gasteiger charge is 2.22.